The number of nitrogens with one attached hydrogen (secondary N) is 1. The van der Waals surface area contributed by atoms with Gasteiger partial charge in [0.2, 0.25) is 0 Å². The molecule has 8 aliphatic rings. The summed E-state index contributed by atoms with van der Waals surface area (Å²) in [5.74, 6) is 3.68. The Hall–Kier alpha value is -10.3. The van der Waals surface area contributed by atoms with Gasteiger partial charge in [-0.25, -0.2) is 0 Å². The highest BCUT2D eigenvalue weighted by molar-refractivity contribution is 6.88. The van der Waals surface area contributed by atoms with Crippen molar-refractivity contribution < 1.29 is 28.4 Å². The van der Waals surface area contributed by atoms with Gasteiger partial charge in [0.25, 0.3) is 7.41 Å². The molecular weight excluding hydrogens is 999 g/mol. The van der Waals surface area contributed by atoms with E-state index in [1.54, 1.807) is 0 Å². The molecule has 11 aromatic carbocycles. The first kappa shape index (κ1) is 43.7. The zero-order valence-corrected chi connectivity index (χ0v) is 42.9. The lowest BCUT2D eigenvalue weighted by Gasteiger charge is -2.52. The van der Waals surface area contributed by atoms with Crippen LogP contribution in [0.3, 0.4) is 0 Å². The minimum Gasteiger partial charge on any atom is -0.557 e. The maximum atomic E-state index is 12.5. The molecule has 0 spiro atoms. The molecule has 81 heavy (non-hydrogen) atoms. The van der Waals surface area contributed by atoms with Gasteiger partial charge in [0.1, 0.15) is 34.5 Å². The number of nitrogens with zero attached hydrogens (tertiary/aromatic N) is 3. The highest BCUT2D eigenvalue weighted by atomic mass is 16.6. The van der Waals surface area contributed by atoms with E-state index in [0.29, 0.717) is 17.1 Å². The van der Waals surface area contributed by atoms with Crippen LogP contribution in [0.1, 0.15) is 0 Å². The Morgan fingerprint density at radius 1 is 0.383 bits per heavy atom. The van der Waals surface area contributed by atoms with Crippen molar-refractivity contribution in [3.63, 3.8) is 0 Å². The van der Waals surface area contributed by atoms with Crippen LogP contribution in [0, 0.1) is 0 Å². The first-order valence-electron chi connectivity index (χ1n) is 27.3. The fourth-order valence-corrected chi connectivity index (χ4v) is 14.2. The molecular formula is C66H37B5N4O6. The Balaban J connectivity index is 0.982. The molecule has 11 aromatic rings. The Bertz CT molecular complexity index is 4620. The smallest absolute Gasteiger partial charge is 0.557 e. The van der Waals surface area contributed by atoms with Crippen molar-refractivity contribution in [3.8, 4) is 101 Å². The molecule has 10 nitrogen and oxygen atoms in total. The van der Waals surface area contributed by atoms with E-state index < -0.39 is 21.2 Å². The van der Waals surface area contributed by atoms with Crippen LogP contribution in [0.25, 0.3) is 66.8 Å². The third kappa shape index (κ3) is 5.81. The summed E-state index contributed by atoms with van der Waals surface area (Å²) < 4.78 is 35.1. The minimum atomic E-state index is -0.828. The summed E-state index contributed by atoms with van der Waals surface area (Å²) in [7, 11) is 2.63. The summed E-state index contributed by atoms with van der Waals surface area (Å²) in [4.78, 5) is 7.27. The molecule has 0 unspecified atom stereocenters. The lowest BCUT2D eigenvalue weighted by molar-refractivity contribution is 0.433. The first-order chi connectivity index (χ1) is 40.1. The van der Waals surface area contributed by atoms with Gasteiger partial charge in [0.15, 0.2) is 0 Å². The molecule has 0 aliphatic carbocycles. The van der Waals surface area contributed by atoms with Gasteiger partial charge < -0.3 is 48.1 Å². The molecule has 0 saturated heterocycles. The van der Waals surface area contributed by atoms with Crippen LogP contribution in [0.2, 0.25) is 0 Å². The van der Waals surface area contributed by atoms with Crippen molar-refractivity contribution in [2.24, 2.45) is 0 Å². The third-order valence-corrected chi connectivity index (χ3v) is 17.4. The quantitative estimate of drug-likeness (QED) is 0.163. The second-order valence-corrected chi connectivity index (χ2v) is 21.5. The fourth-order valence-electron chi connectivity index (χ4n) is 14.2. The zero-order chi connectivity index (χ0) is 52.8. The predicted molar refractivity (Wildman–Crippen MR) is 326 cm³/mol. The van der Waals surface area contributed by atoms with E-state index in [1.165, 1.54) is 0 Å². The maximum absolute atomic E-state index is 12.5. The molecule has 0 bridgehead atoms. The Labute approximate surface area is 468 Å². The SMILES string of the molecule is Oc1ccc2c3c1-c1c(cc4c5c1[B]N(c1ccccc1)c1cc(Nc6ccccc6)c6c(c1-5)B(N(c1ccccc1)c1cc5c7c(c1-6)[B]Oc1ccc6c(c1-7)B(Oc1ccccc1-6)O5)N4c1ccccc1)OB3Oc1ccccc1-2. The average molecular weight is 1040 g/mol. The summed E-state index contributed by atoms with van der Waals surface area (Å²) >= 11 is 0. The molecule has 8 heterocycles. The Morgan fingerprint density at radius 2 is 0.901 bits per heavy atom. The van der Waals surface area contributed by atoms with Crippen LogP contribution >= 0.6 is 0 Å². The molecule has 372 valence electrons. The van der Waals surface area contributed by atoms with E-state index in [-0.39, 0.29) is 5.75 Å². The minimum absolute atomic E-state index is 0.149. The summed E-state index contributed by atoms with van der Waals surface area (Å²) in [5.41, 5.74) is 23.7. The summed E-state index contributed by atoms with van der Waals surface area (Å²) in [5, 5.41) is 16.5. The summed E-state index contributed by atoms with van der Waals surface area (Å²) in [6.07, 6.45) is 0. The van der Waals surface area contributed by atoms with Crippen molar-refractivity contribution in [1.82, 2.24) is 0 Å². The molecule has 0 fully saturated rings. The number of aromatic hydroxyl groups is 1. The number of rotatable bonds is 5. The van der Waals surface area contributed by atoms with Gasteiger partial charge in [-0.1, -0.05) is 121 Å². The van der Waals surface area contributed by atoms with Crippen molar-refractivity contribution in [2.45, 2.75) is 0 Å². The third-order valence-electron chi connectivity index (χ3n) is 17.4. The predicted octanol–water partition coefficient (Wildman–Crippen LogP) is 11.1. The maximum Gasteiger partial charge on any atom is 0.634 e. The average Bonchev–Trinajstić information content (AvgIpc) is 1.57. The van der Waals surface area contributed by atoms with E-state index in [9.17, 15) is 5.11 Å². The molecule has 19 rings (SSSR count). The van der Waals surface area contributed by atoms with Crippen molar-refractivity contribution >= 4 is 109 Å². The van der Waals surface area contributed by atoms with Gasteiger partial charge in [-0.2, -0.15) is 0 Å². The second kappa shape index (κ2) is 16.0. The lowest BCUT2D eigenvalue weighted by Crippen LogP contribution is -2.64. The van der Waals surface area contributed by atoms with E-state index in [4.69, 9.17) is 23.3 Å². The van der Waals surface area contributed by atoms with Crippen molar-refractivity contribution in [3.05, 3.63) is 212 Å². The number of para-hydroxylation sites is 6. The van der Waals surface area contributed by atoms with Crippen LogP contribution in [0.4, 0.5) is 45.5 Å². The standard InChI is InChI=1S/C66H37B5N4O6/c76-48-31-29-42-40-25-13-15-27-49(40)78-70-64(42)58(48)59-52(80-70)35-47-56-57-45(73(67-62(56)59)37-19-7-2-8-20-37)33-44(72-36-17-5-1-6-18-36)54-55-46(74(38-21-9-3-10-22-38)69(66(54)57)75(47)39-23-11-4-12-24-39)34-53-60-61-51(77-68-63(55)60)32-30-43-41-26-14-16-28-50(41)79-71(81-53)65(43)61/h1-35,72,76H. The van der Waals surface area contributed by atoms with Gasteiger partial charge in [-0.05, 0) is 106 Å². The number of hydrogen-bond donors (Lipinski definition) is 2. The van der Waals surface area contributed by atoms with Crippen LogP contribution in [0.15, 0.2) is 212 Å². The van der Waals surface area contributed by atoms with Gasteiger partial charge in [-0.3, -0.25) is 0 Å². The highest BCUT2D eigenvalue weighted by Crippen LogP contribution is 2.59. The molecule has 0 saturated carbocycles. The van der Waals surface area contributed by atoms with Crippen LogP contribution < -0.4 is 70.3 Å². The molecule has 15 heteroatoms. The number of anilines is 8. The Kier molecular flexibility index (Phi) is 8.61. The van der Waals surface area contributed by atoms with Gasteiger partial charge in [0.05, 0.1) is 0 Å². The molecule has 0 aromatic heterocycles. The van der Waals surface area contributed by atoms with Gasteiger partial charge in [-0.15, -0.1) is 0 Å². The molecule has 0 atom stereocenters. The number of phenolic OH excluding ortho intramolecular Hbond substituents is 1. The monoisotopic (exact) mass is 1040 g/mol. The van der Waals surface area contributed by atoms with Crippen molar-refractivity contribution in [1.29, 1.82) is 0 Å². The Morgan fingerprint density at radius 3 is 1.53 bits per heavy atom. The number of phenols is 1. The normalized spacial score (nSPS) is 14.5. The fraction of sp³-hybridized carbons (Fsp3) is 0. The molecule has 2 N–H and O–H groups in total. The van der Waals surface area contributed by atoms with Gasteiger partial charge >= 0.3 is 28.7 Å². The summed E-state index contributed by atoms with van der Waals surface area (Å²) in [6, 6.07) is 73.3. The van der Waals surface area contributed by atoms with E-state index in [0.717, 1.165) is 151 Å². The largest absolute Gasteiger partial charge is 0.634 e. The topological polar surface area (TPSA) is 88.1 Å². The summed E-state index contributed by atoms with van der Waals surface area (Å²) in [6.45, 7) is -0.544. The van der Waals surface area contributed by atoms with E-state index >= 15 is 0 Å². The number of benzene rings is 11. The second-order valence-electron chi connectivity index (χ2n) is 21.5. The zero-order valence-electron chi connectivity index (χ0n) is 42.9. The lowest BCUT2D eigenvalue weighted by atomic mass is 9.49. The van der Waals surface area contributed by atoms with E-state index in [2.05, 4.69) is 191 Å². The first-order valence-corrected chi connectivity index (χ1v) is 27.3. The number of hydrogen-bond acceptors (Lipinski definition) is 10. The van der Waals surface area contributed by atoms with E-state index in [1.807, 2.05) is 56.0 Å². The van der Waals surface area contributed by atoms with Crippen LogP contribution in [-0.4, -0.2) is 41.2 Å². The van der Waals surface area contributed by atoms with Crippen LogP contribution in [-0.2, 0) is 0 Å². The highest BCUT2D eigenvalue weighted by Gasteiger charge is 2.55. The molecule has 2 radical (unpaired) electrons. The molecule has 0 amide bonds. The molecule has 8 aliphatic heterocycles. The number of fused-ring (bicyclic) bond motifs is 10. The van der Waals surface area contributed by atoms with Gasteiger partial charge in [0, 0.05) is 124 Å². The van der Waals surface area contributed by atoms with Crippen LogP contribution in [0.5, 0.6) is 34.5 Å². The van der Waals surface area contributed by atoms with Crippen molar-refractivity contribution in [2.75, 3.05) is 19.7 Å².